The molecule has 10 N–H and O–H groups in total. The minimum Gasteiger partial charge on any atom is -0.485 e. The van der Waals surface area contributed by atoms with Gasteiger partial charge < -0.3 is 47.1 Å². The van der Waals surface area contributed by atoms with Gasteiger partial charge in [0.15, 0.2) is 11.7 Å². The number of amides is 1. The minimum atomic E-state index is -2.02. The van der Waals surface area contributed by atoms with E-state index in [4.69, 9.17) is 21.3 Å². The highest BCUT2D eigenvalue weighted by Crippen LogP contribution is 2.25. The van der Waals surface area contributed by atoms with Crippen molar-refractivity contribution in [2.75, 3.05) is 6.61 Å². The Morgan fingerprint density at radius 3 is 2.43 bits per heavy atom. The van der Waals surface area contributed by atoms with Crippen LogP contribution in [0.15, 0.2) is 16.8 Å². The zero-order valence-corrected chi connectivity index (χ0v) is 12.4. The summed E-state index contributed by atoms with van der Waals surface area (Å²) in [4.78, 5) is 15.2. The van der Waals surface area contributed by atoms with Crippen LogP contribution in [0, 0.1) is 0 Å². The Labute approximate surface area is 131 Å². The van der Waals surface area contributed by atoms with Gasteiger partial charge in [0.1, 0.15) is 18.3 Å². The molecular weight excluding hydrogens is 312 g/mol. The van der Waals surface area contributed by atoms with Crippen molar-refractivity contribution in [2.45, 2.75) is 43.6 Å². The number of rotatable bonds is 6. The minimum absolute atomic E-state index is 0.341. The molecule has 1 amide bonds. The predicted molar refractivity (Wildman–Crippen MR) is 77.5 cm³/mol. The summed E-state index contributed by atoms with van der Waals surface area (Å²) in [6.45, 7) is 0.431. The summed E-state index contributed by atoms with van der Waals surface area (Å²) in [5.41, 5.74) is 10.6. The molecule has 1 aliphatic rings. The number of carbonyl (C=O) groups is 1. The molecule has 0 radical (unpaired) electrons. The summed E-state index contributed by atoms with van der Waals surface area (Å²) in [6, 6.07) is -2.01. The smallest absolute Gasteiger partial charge is 0.217 e. The van der Waals surface area contributed by atoms with E-state index in [1.54, 1.807) is 0 Å². The van der Waals surface area contributed by atoms with Crippen LogP contribution in [0.3, 0.4) is 0 Å². The Balaban J connectivity index is 3.25. The van der Waals surface area contributed by atoms with Crippen molar-refractivity contribution in [1.29, 1.82) is 0 Å². The van der Waals surface area contributed by atoms with Crippen LogP contribution in [0.5, 0.6) is 0 Å². The molecule has 0 bridgehead atoms. The second-order valence-corrected chi connectivity index (χ2v) is 5.04. The molecule has 1 heterocycles. The molecule has 0 fully saturated rings. The van der Waals surface area contributed by atoms with E-state index in [0.29, 0.717) is 0 Å². The highest BCUT2D eigenvalue weighted by molar-refractivity contribution is 5.76. The van der Waals surface area contributed by atoms with E-state index < -0.39 is 49.2 Å². The Morgan fingerprint density at radius 2 is 2.00 bits per heavy atom. The third-order valence-electron chi connectivity index (χ3n) is 3.17. The molecule has 0 aliphatic carbocycles. The van der Waals surface area contributed by atoms with Gasteiger partial charge in [0.05, 0.1) is 18.7 Å². The monoisotopic (exact) mass is 334 g/mol. The number of hydrogen-bond acceptors (Lipinski definition) is 8. The van der Waals surface area contributed by atoms with Gasteiger partial charge in [0.25, 0.3) is 0 Å². The number of carbonyl (C=O) groups excluding carboxylic acids is 1. The van der Waals surface area contributed by atoms with Gasteiger partial charge in [0, 0.05) is 6.92 Å². The fraction of sp³-hybridized carbons (Fsp3) is 0.667. The molecular formula is C12H22N4O7. The van der Waals surface area contributed by atoms with Crippen molar-refractivity contribution in [3.05, 3.63) is 11.8 Å². The van der Waals surface area contributed by atoms with Crippen LogP contribution in [0.25, 0.3) is 0 Å². The van der Waals surface area contributed by atoms with Crippen molar-refractivity contribution >= 4 is 11.9 Å². The topological polar surface area (TPSA) is 204 Å². The normalized spacial score (nSPS) is 26.7. The molecule has 0 aromatic carbocycles. The standard InChI is InChI=1S/C12H22N4O7/c1-4(18)15-8-5(16-12(13)14)2-7(11(21)22)23-10(8)9(20)6(19)3-17/h2,5-6,8-11,17,19-22H,3H2,1H3,(H,15,18)(H4,13,14,16)/t5-,6-,8+,9-,10+/m0/s1. The highest BCUT2D eigenvalue weighted by Gasteiger charge is 2.43. The van der Waals surface area contributed by atoms with Gasteiger partial charge in [-0.25, -0.2) is 4.99 Å². The first-order valence-corrected chi connectivity index (χ1v) is 6.74. The van der Waals surface area contributed by atoms with Crippen LogP contribution in [0.1, 0.15) is 6.92 Å². The van der Waals surface area contributed by atoms with Crippen LogP contribution in [-0.4, -0.2) is 80.7 Å². The zero-order valence-electron chi connectivity index (χ0n) is 12.4. The average Bonchev–Trinajstić information content (AvgIpc) is 2.45. The molecule has 0 saturated carbocycles. The lowest BCUT2D eigenvalue weighted by atomic mass is 9.92. The number of aliphatic hydroxyl groups excluding tert-OH is 4. The van der Waals surface area contributed by atoms with Crippen LogP contribution in [0.2, 0.25) is 0 Å². The van der Waals surface area contributed by atoms with Gasteiger partial charge in [-0.15, -0.1) is 0 Å². The Kier molecular flexibility index (Phi) is 6.72. The number of guanidine groups is 1. The Bertz CT molecular complexity index is 478. The lowest BCUT2D eigenvalue weighted by molar-refractivity contribution is -0.138. The quantitative estimate of drug-likeness (QED) is 0.133. The summed E-state index contributed by atoms with van der Waals surface area (Å²) in [7, 11) is 0. The maximum atomic E-state index is 11.4. The van der Waals surface area contributed by atoms with Crippen LogP contribution >= 0.6 is 0 Å². The van der Waals surface area contributed by atoms with E-state index in [9.17, 15) is 25.2 Å². The molecule has 5 atom stereocenters. The molecule has 1 rings (SSSR count). The van der Waals surface area contributed by atoms with Gasteiger partial charge in [-0.1, -0.05) is 0 Å². The SMILES string of the molecule is CC(=O)N[C@H]1[C@H]([C@@H](O)[C@@H](O)CO)OC(C(O)O)=C[C@@H]1N=C(N)N. The molecule has 132 valence electrons. The van der Waals surface area contributed by atoms with E-state index in [1.807, 2.05) is 0 Å². The predicted octanol–water partition coefficient (Wildman–Crippen LogP) is -4.56. The lowest BCUT2D eigenvalue weighted by Gasteiger charge is -2.39. The number of nitrogens with two attached hydrogens (primary N) is 2. The molecule has 0 unspecified atom stereocenters. The first kappa shape index (κ1) is 19.1. The van der Waals surface area contributed by atoms with Crippen LogP contribution in [0.4, 0.5) is 0 Å². The Hall–Kier alpha value is -1.92. The van der Waals surface area contributed by atoms with Crippen molar-refractivity contribution in [1.82, 2.24) is 5.32 Å². The van der Waals surface area contributed by atoms with Crippen molar-refractivity contribution in [2.24, 2.45) is 16.5 Å². The largest absolute Gasteiger partial charge is 0.485 e. The number of ether oxygens (including phenoxy) is 1. The number of nitrogens with zero attached hydrogens (tertiary/aromatic N) is 1. The second-order valence-electron chi connectivity index (χ2n) is 5.04. The number of aliphatic hydroxyl groups is 5. The summed E-state index contributed by atoms with van der Waals surface area (Å²) in [6.07, 6.45) is -5.44. The molecule has 11 heteroatoms. The average molecular weight is 334 g/mol. The highest BCUT2D eigenvalue weighted by atomic mass is 16.6. The molecule has 0 saturated heterocycles. The maximum absolute atomic E-state index is 11.4. The summed E-state index contributed by atoms with van der Waals surface area (Å²) in [5.74, 6) is -1.20. The van der Waals surface area contributed by atoms with E-state index in [0.717, 1.165) is 0 Å². The first-order chi connectivity index (χ1) is 10.7. The molecule has 23 heavy (non-hydrogen) atoms. The van der Waals surface area contributed by atoms with E-state index in [-0.39, 0.29) is 11.7 Å². The fourth-order valence-corrected chi connectivity index (χ4v) is 2.18. The molecule has 11 nitrogen and oxygen atoms in total. The summed E-state index contributed by atoms with van der Waals surface area (Å²) >= 11 is 0. The van der Waals surface area contributed by atoms with Crippen molar-refractivity contribution in [3.8, 4) is 0 Å². The third kappa shape index (κ3) is 5.04. The van der Waals surface area contributed by atoms with Crippen LogP contribution in [-0.2, 0) is 9.53 Å². The molecule has 1 aliphatic heterocycles. The fourth-order valence-electron chi connectivity index (χ4n) is 2.18. The lowest BCUT2D eigenvalue weighted by Crippen LogP contribution is -2.60. The van der Waals surface area contributed by atoms with E-state index >= 15 is 0 Å². The van der Waals surface area contributed by atoms with Gasteiger partial charge in [-0.3, -0.25) is 4.79 Å². The first-order valence-electron chi connectivity index (χ1n) is 6.74. The number of aliphatic imine (C=N–C) groups is 1. The summed E-state index contributed by atoms with van der Waals surface area (Å²) < 4.78 is 5.23. The maximum Gasteiger partial charge on any atom is 0.217 e. The molecule has 0 aromatic heterocycles. The van der Waals surface area contributed by atoms with Crippen molar-refractivity contribution < 1.29 is 35.1 Å². The van der Waals surface area contributed by atoms with Crippen molar-refractivity contribution in [3.63, 3.8) is 0 Å². The number of nitrogens with one attached hydrogen (secondary N) is 1. The van der Waals surface area contributed by atoms with E-state index in [2.05, 4.69) is 10.3 Å². The van der Waals surface area contributed by atoms with Crippen LogP contribution < -0.4 is 16.8 Å². The second kappa shape index (κ2) is 8.08. The van der Waals surface area contributed by atoms with Gasteiger partial charge in [-0.05, 0) is 6.08 Å². The number of hydrogen-bond donors (Lipinski definition) is 8. The summed E-state index contributed by atoms with van der Waals surface area (Å²) in [5, 5.41) is 49.6. The molecule has 0 spiro atoms. The van der Waals surface area contributed by atoms with Gasteiger partial charge >= 0.3 is 0 Å². The Morgan fingerprint density at radius 1 is 1.39 bits per heavy atom. The zero-order chi connectivity index (χ0) is 17.7. The molecule has 0 aromatic rings. The van der Waals surface area contributed by atoms with Gasteiger partial charge in [0.2, 0.25) is 12.2 Å². The van der Waals surface area contributed by atoms with E-state index in [1.165, 1.54) is 13.0 Å². The van der Waals surface area contributed by atoms with Gasteiger partial charge in [-0.2, -0.15) is 0 Å². The third-order valence-corrected chi connectivity index (χ3v) is 3.17.